The Balaban J connectivity index is 2.31. The van der Waals surface area contributed by atoms with Gasteiger partial charge in [-0.1, -0.05) is 0 Å². The Bertz CT molecular complexity index is 501. The summed E-state index contributed by atoms with van der Waals surface area (Å²) in [7, 11) is 0. The Kier molecular flexibility index (Phi) is 3.49. The van der Waals surface area contributed by atoms with E-state index in [1.165, 1.54) is 0 Å². The predicted molar refractivity (Wildman–Crippen MR) is 60.5 cm³/mol. The molecule has 2 rings (SSSR count). The van der Waals surface area contributed by atoms with Crippen LogP contribution < -0.4 is 10.6 Å². The summed E-state index contributed by atoms with van der Waals surface area (Å²) in [5.41, 5.74) is -2.10. The molecule has 0 aromatic heterocycles. The van der Waals surface area contributed by atoms with Crippen LogP contribution in [-0.4, -0.2) is 18.0 Å². The van der Waals surface area contributed by atoms with Crippen molar-refractivity contribution in [3.8, 4) is 0 Å². The smallest absolute Gasteiger partial charge is 0.244 e. The average molecular weight is 276 g/mol. The molecule has 0 radical (unpaired) electrons. The molecule has 1 amide bonds. The molecule has 0 bridgehead atoms. The molecule has 0 saturated carbocycles. The number of hydrogen-bond acceptors (Lipinski definition) is 2. The highest BCUT2D eigenvalue weighted by molar-refractivity contribution is 5.98. The van der Waals surface area contributed by atoms with Gasteiger partial charge in [-0.25, -0.2) is 17.6 Å². The molecule has 1 aromatic carbocycles. The first kappa shape index (κ1) is 13.8. The monoisotopic (exact) mass is 276 g/mol. The van der Waals surface area contributed by atoms with Gasteiger partial charge in [0.25, 0.3) is 0 Å². The first-order valence-corrected chi connectivity index (χ1v) is 5.74. The molecule has 1 unspecified atom stereocenters. The second kappa shape index (κ2) is 4.80. The van der Waals surface area contributed by atoms with Crippen molar-refractivity contribution >= 4 is 11.6 Å². The lowest BCUT2D eigenvalue weighted by atomic mass is 9.99. The summed E-state index contributed by atoms with van der Waals surface area (Å²) < 4.78 is 52.8. The van der Waals surface area contributed by atoms with E-state index in [1.807, 2.05) is 5.32 Å². The lowest BCUT2D eigenvalue weighted by Gasteiger charge is -2.23. The molecule has 1 fully saturated rings. The van der Waals surface area contributed by atoms with Crippen molar-refractivity contribution in [2.24, 2.45) is 0 Å². The lowest BCUT2D eigenvalue weighted by Crippen LogP contribution is -2.48. The van der Waals surface area contributed by atoms with Crippen LogP contribution in [0.25, 0.3) is 0 Å². The Hall–Kier alpha value is -1.63. The zero-order valence-corrected chi connectivity index (χ0v) is 10.1. The van der Waals surface area contributed by atoms with Gasteiger partial charge in [-0.2, -0.15) is 0 Å². The summed E-state index contributed by atoms with van der Waals surface area (Å²) in [4.78, 5) is 11.9. The maximum absolute atomic E-state index is 13.4. The minimum absolute atomic E-state index is 0.0931. The molecule has 104 valence electrons. The second-order valence-electron chi connectivity index (χ2n) is 4.66. The molecular weight excluding hydrogens is 264 g/mol. The SMILES string of the molecule is CC1(C(=O)Nc2c(F)c(F)cc(F)c2F)CCCN1. The van der Waals surface area contributed by atoms with Crippen molar-refractivity contribution in [3.05, 3.63) is 29.3 Å². The summed E-state index contributed by atoms with van der Waals surface area (Å²) in [6.07, 6.45) is 1.20. The van der Waals surface area contributed by atoms with E-state index in [4.69, 9.17) is 0 Å². The van der Waals surface area contributed by atoms with E-state index in [1.54, 1.807) is 6.92 Å². The van der Waals surface area contributed by atoms with Crippen molar-refractivity contribution in [2.75, 3.05) is 11.9 Å². The molecule has 1 aromatic rings. The Labute approximate surface area is 107 Å². The predicted octanol–water partition coefficient (Wildman–Crippen LogP) is 2.32. The Morgan fingerprint density at radius 3 is 2.32 bits per heavy atom. The normalized spacial score (nSPS) is 22.6. The minimum atomic E-state index is -1.62. The van der Waals surface area contributed by atoms with Crippen LogP contribution in [0.1, 0.15) is 19.8 Å². The van der Waals surface area contributed by atoms with E-state index in [-0.39, 0.29) is 6.07 Å². The number of anilines is 1. The third-order valence-corrected chi connectivity index (χ3v) is 3.22. The van der Waals surface area contributed by atoms with Crippen LogP contribution in [0.15, 0.2) is 6.07 Å². The largest absolute Gasteiger partial charge is 0.319 e. The molecule has 2 N–H and O–H groups in total. The number of halogens is 4. The van der Waals surface area contributed by atoms with Crippen LogP contribution in [0.2, 0.25) is 0 Å². The van der Waals surface area contributed by atoms with Crippen LogP contribution in [0, 0.1) is 23.3 Å². The molecule has 1 aliphatic heterocycles. The number of carbonyl (C=O) groups is 1. The third kappa shape index (κ3) is 2.42. The van der Waals surface area contributed by atoms with Gasteiger partial charge in [-0.05, 0) is 26.3 Å². The van der Waals surface area contributed by atoms with Crippen LogP contribution in [0.4, 0.5) is 23.2 Å². The van der Waals surface area contributed by atoms with Crippen molar-refractivity contribution in [1.29, 1.82) is 0 Å². The van der Waals surface area contributed by atoms with Crippen LogP contribution in [0.5, 0.6) is 0 Å². The first-order valence-electron chi connectivity index (χ1n) is 5.74. The van der Waals surface area contributed by atoms with Gasteiger partial charge in [-0.3, -0.25) is 4.79 Å². The molecule has 0 spiro atoms. The fourth-order valence-corrected chi connectivity index (χ4v) is 2.02. The summed E-state index contributed by atoms with van der Waals surface area (Å²) in [6.45, 7) is 2.15. The van der Waals surface area contributed by atoms with E-state index in [2.05, 4.69) is 5.32 Å². The molecule has 0 aliphatic carbocycles. The lowest BCUT2D eigenvalue weighted by molar-refractivity contribution is -0.121. The van der Waals surface area contributed by atoms with Gasteiger partial charge in [0.2, 0.25) is 5.91 Å². The highest BCUT2D eigenvalue weighted by Gasteiger charge is 2.37. The van der Waals surface area contributed by atoms with Gasteiger partial charge in [0.05, 0.1) is 5.54 Å². The highest BCUT2D eigenvalue weighted by Crippen LogP contribution is 2.26. The quantitative estimate of drug-likeness (QED) is 0.643. The second-order valence-corrected chi connectivity index (χ2v) is 4.66. The fraction of sp³-hybridized carbons (Fsp3) is 0.417. The number of rotatable bonds is 2. The number of hydrogen-bond donors (Lipinski definition) is 2. The standard InChI is InChI=1S/C12H12F4N2O/c1-12(3-2-4-17-12)11(19)18-10-8(15)6(13)5-7(14)9(10)16/h5,17H,2-4H2,1H3,(H,18,19). The van der Waals surface area contributed by atoms with E-state index < -0.39 is 40.4 Å². The molecule has 1 heterocycles. The highest BCUT2D eigenvalue weighted by atomic mass is 19.2. The molecule has 1 aliphatic rings. The fourth-order valence-electron chi connectivity index (χ4n) is 2.02. The van der Waals surface area contributed by atoms with E-state index in [0.717, 1.165) is 6.42 Å². The molecular formula is C12H12F4N2O. The molecule has 3 nitrogen and oxygen atoms in total. The van der Waals surface area contributed by atoms with Crippen molar-refractivity contribution in [3.63, 3.8) is 0 Å². The Morgan fingerprint density at radius 1 is 1.26 bits per heavy atom. The van der Waals surface area contributed by atoms with Crippen molar-refractivity contribution < 1.29 is 22.4 Å². The van der Waals surface area contributed by atoms with Crippen LogP contribution >= 0.6 is 0 Å². The van der Waals surface area contributed by atoms with Crippen molar-refractivity contribution in [2.45, 2.75) is 25.3 Å². The van der Waals surface area contributed by atoms with Gasteiger partial charge in [0, 0.05) is 6.07 Å². The van der Waals surface area contributed by atoms with Gasteiger partial charge >= 0.3 is 0 Å². The van der Waals surface area contributed by atoms with Gasteiger partial charge in [-0.15, -0.1) is 0 Å². The zero-order chi connectivity index (χ0) is 14.2. The Morgan fingerprint density at radius 2 is 1.84 bits per heavy atom. The molecule has 1 saturated heterocycles. The number of amides is 1. The molecule has 7 heteroatoms. The maximum atomic E-state index is 13.4. The average Bonchev–Trinajstić information content (AvgIpc) is 2.80. The number of carbonyl (C=O) groups excluding carboxylic acids is 1. The summed E-state index contributed by atoms with van der Waals surface area (Å²) >= 11 is 0. The van der Waals surface area contributed by atoms with Gasteiger partial charge < -0.3 is 10.6 Å². The maximum Gasteiger partial charge on any atom is 0.244 e. The number of benzene rings is 1. The molecule has 19 heavy (non-hydrogen) atoms. The van der Waals surface area contributed by atoms with E-state index in [9.17, 15) is 22.4 Å². The van der Waals surface area contributed by atoms with Gasteiger partial charge in [0.15, 0.2) is 23.3 Å². The first-order chi connectivity index (χ1) is 8.85. The summed E-state index contributed by atoms with van der Waals surface area (Å²) in [5.74, 6) is -7.08. The van der Waals surface area contributed by atoms with E-state index >= 15 is 0 Å². The topological polar surface area (TPSA) is 41.1 Å². The third-order valence-electron chi connectivity index (χ3n) is 3.22. The molecule has 1 atom stereocenters. The zero-order valence-electron chi connectivity index (χ0n) is 10.1. The summed E-state index contributed by atoms with van der Waals surface area (Å²) in [5, 5.41) is 4.79. The summed E-state index contributed by atoms with van der Waals surface area (Å²) in [6, 6.07) is 0.0931. The van der Waals surface area contributed by atoms with Crippen LogP contribution in [-0.2, 0) is 4.79 Å². The van der Waals surface area contributed by atoms with Crippen LogP contribution in [0.3, 0.4) is 0 Å². The minimum Gasteiger partial charge on any atom is -0.319 e. The van der Waals surface area contributed by atoms with Crippen molar-refractivity contribution in [1.82, 2.24) is 5.32 Å². The van der Waals surface area contributed by atoms with Gasteiger partial charge in [0.1, 0.15) is 5.69 Å². The van der Waals surface area contributed by atoms with E-state index in [0.29, 0.717) is 13.0 Å². The number of nitrogens with one attached hydrogen (secondary N) is 2.